The van der Waals surface area contributed by atoms with Crippen LogP contribution in [0.4, 0.5) is 4.79 Å². The zero-order chi connectivity index (χ0) is 83.2. The number of ether oxygens (including phenoxy) is 15. The number of fused-ring (bicyclic) bond motifs is 8. The number of esters is 6. The molecule has 0 spiro atoms. The summed E-state index contributed by atoms with van der Waals surface area (Å²) in [6, 6.07) is 23.2. The number of aromatic nitrogens is 2. The summed E-state index contributed by atoms with van der Waals surface area (Å²) in [5, 5.41) is 1.12. The van der Waals surface area contributed by atoms with Crippen molar-refractivity contribution in [3.63, 3.8) is 0 Å². The van der Waals surface area contributed by atoms with Gasteiger partial charge in [-0.15, -0.1) is 46.4 Å². The molecule has 8 heterocycles. The zero-order valence-corrected chi connectivity index (χ0v) is 72.3. The molecule has 0 radical (unpaired) electrons. The molecule has 0 bridgehead atoms. The maximum Gasteiger partial charge on any atom is 1.00 e. The molecule has 0 saturated carbocycles. The second kappa shape index (κ2) is 44.5. The number of amides is 1. The molecule has 7 atom stereocenters. The first-order valence-electron chi connectivity index (χ1n) is 37.9. The van der Waals surface area contributed by atoms with Crippen LogP contribution in [0.5, 0.6) is 40.2 Å². The summed E-state index contributed by atoms with van der Waals surface area (Å²) in [5.74, 6) is -1.31. The Balaban J connectivity index is 0.000000378. The standard InChI is InChI=1S/C62H62N4O16.C16H29O11P.2CH2Cl2.Na/c1-5-62(46-27-48-55-37(28-66(48)58(68)45(46)31-77-60(62)70)21-35-22-40(13-14-47(35)63-55)80-61(71)65-19-15-38(16-20-65)64-17-7-6-8-18-64)82-53(67)32-76-39-11-9-34(10-12-39)59(69)81-56-42-26-50-49(78-33-79-50)25-41(42)54(43-29-75-30-44(43)56)36-23-51(72-2)57(74-4)52(24-36)73-3;1-4-14(17)24-11-13(27-15(18)5-2)12-26-28(20,21)25-8-6-7-16(19)23-10-9-22-3;2*2-1-3;/h9-14,21-27,38,43-44,54,56H,5-8,15-20,28-33H2,1-4H3;13H,4-12H2,1-3H3,(H,20,21);2*1H2;/q;;;;+1/p-1/t43-,44-,54+,56-,62-;;;;/m0..../s1. The fraction of sp³-hybridized carbons (Fsp3) is 0.512. The quantitative estimate of drug-likeness (QED) is 0.0105. The van der Waals surface area contributed by atoms with Crippen molar-refractivity contribution >= 4 is 107 Å². The van der Waals surface area contributed by atoms with Gasteiger partial charge < -0.3 is 99.4 Å². The van der Waals surface area contributed by atoms with Gasteiger partial charge in [0.25, 0.3) is 13.4 Å². The summed E-state index contributed by atoms with van der Waals surface area (Å²) in [5.41, 5.74) is 3.15. The number of nitrogens with zero attached hydrogens (tertiary/aromatic N) is 4. The number of benzene rings is 4. The van der Waals surface area contributed by atoms with Crippen molar-refractivity contribution < 1.29 is 153 Å². The van der Waals surface area contributed by atoms with Gasteiger partial charge in [0.2, 0.25) is 18.1 Å². The number of cyclic esters (lactones) is 1. The molecule has 2 unspecified atom stereocenters. The fourth-order valence-corrected chi connectivity index (χ4v) is 15.7. The number of pyridine rings is 2. The van der Waals surface area contributed by atoms with Gasteiger partial charge in [-0.1, -0.05) is 27.2 Å². The van der Waals surface area contributed by atoms with Gasteiger partial charge in [0.15, 0.2) is 35.7 Å². The SMILES string of the molecule is CCC(=O)OCC(COP(=O)([O-])OCCCC(=O)OCCOC)OC(=O)CC.CC[C@@]1(OC(=O)COc2ccc(C(=O)O[C@H]3c4cc5c(cc4[C@@H](c4cc(OC)c(OC)c(OC)c4)[C@H]4COC[C@@H]43)OCO5)cc2)C(=O)OCc2c1cc1n(c2=O)Cc2cc3cc(OC(=O)N4CCC(N5CCCCC5)CC4)ccc3nc2-1.ClCCl.ClCCl.[Na+]. The second-order valence-electron chi connectivity index (χ2n) is 27.4. The Hall–Kier alpha value is -7.72. The molecule has 1 amide bonds. The van der Waals surface area contributed by atoms with Crippen LogP contribution in [0.3, 0.4) is 0 Å². The molecule has 31 nitrogen and oxygen atoms in total. The number of hydrogen-bond donors (Lipinski definition) is 0. The third-order valence-electron chi connectivity index (χ3n) is 20.6. The third-order valence-corrected chi connectivity index (χ3v) is 21.5. The molecular formula is C80H94Cl4N4NaO27P. The predicted octanol–water partition coefficient (Wildman–Crippen LogP) is 8.80. The summed E-state index contributed by atoms with van der Waals surface area (Å²) >= 11 is 19.1. The van der Waals surface area contributed by atoms with E-state index in [1.807, 2.05) is 30.3 Å². The van der Waals surface area contributed by atoms with Crippen molar-refractivity contribution in [2.24, 2.45) is 11.8 Å². The van der Waals surface area contributed by atoms with E-state index >= 15 is 0 Å². The second-order valence-corrected chi connectivity index (χ2v) is 30.5. The number of piperidine rings is 2. The Morgan fingerprint density at radius 1 is 0.709 bits per heavy atom. The normalized spacial score (nSPS) is 19.4. The van der Waals surface area contributed by atoms with Crippen LogP contribution in [0.1, 0.15) is 141 Å². The zero-order valence-electron chi connectivity index (χ0n) is 66.3. The van der Waals surface area contributed by atoms with E-state index in [0.29, 0.717) is 83.7 Å². The van der Waals surface area contributed by atoms with Crippen LogP contribution in [-0.4, -0.2) is 198 Å². The number of carbonyl (C=O) groups excluding carboxylic acids is 7. The van der Waals surface area contributed by atoms with E-state index < -0.39 is 80.2 Å². The molecular weight excluding hydrogens is 1640 g/mol. The molecule has 3 saturated heterocycles. The molecule has 4 aromatic carbocycles. The minimum Gasteiger partial charge on any atom is -0.756 e. The fourth-order valence-electron chi connectivity index (χ4n) is 14.9. The molecule has 13 rings (SSSR count). The number of halogens is 4. The monoisotopic (exact) mass is 1740 g/mol. The molecule has 2 aromatic heterocycles. The average Bonchev–Trinajstić information content (AvgIpc) is 1.66. The number of phosphoric acid groups is 1. The Morgan fingerprint density at radius 3 is 2.03 bits per heavy atom. The minimum atomic E-state index is -4.69. The molecule has 1 aliphatic carbocycles. The number of phosphoric ester groups is 1. The minimum absolute atomic E-state index is 0. The first-order chi connectivity index (χ1) is 56.0. The van der Waals surface area contributed by atoms with E-state index in [2.05, 4.69) is 13.9 Å². The van der Waals surface area contributed by atoms with E-state index in [-0.39, 0.29) is 165 Å². The van der Waals surface area contributed by atoms with Gasteiger partial charge in [-0.2, -0.15) is 0 Å². The molecule has 7 aliphatic rings. The number of likely N-dealkylation sites (tertiary alicyclic amines) is 2. The Morgan fingerprint density at radius 2 is 1.38 bits per heavy atom. The van der Waals surface area contributed by atoms with Crippen LogP contribution in [0, 0.1) is 11.8 Å². The summed E-state index contributed by atoms with van der Waals surface area (Å²) in [6.07, 6.45) is 3.62. The Bertz CT molecular complexity index is 4540. The van der Waals surface area contributed by atoms with E-state index in [1.165, 1.54) is 50.6 Å². The van der Waals surface area contributed by atoms with Crippen LogP contribution in [-0.2, 0) is 94.2 Å². The number of rotatable bonds is 29. The third kappa shape index (κ3) is 23.3. The summed E-state index contributed by atoms with van der Waals surface area (Å²) in [6.45, 7) is 7.62. The van der Waals surface area contributed by atoms with Crippen molar-refractivity contribution in [1.82, 2.24) is 19.4 Å². The van der Waals surface area contributed by atoms with Gasteiger partial charge in [0.1, 0.15) is 37.4 Å². The van der Waals surface area contributed by atoms with Crippen molar-refractivity contribution in [3.8, 4) is 51.6 Å². The molecule has 3 fully saturated rings. The molecule has 6 aromatic rings. The van der Waals surface area contributed by atoms with Crippen LogP contribution < -0.4 is 73.2 Å². The van der Waals surface area contributed by atoms with Gasteiger partial charge in [0.05, 0.1) is 99.6 Å². The number of carbonyl (C=O) groups is 7. The Labute approximate surface area is 718 Å². The van der Waals surface area contributed by atoms with E-state index in [9.17, 15) is 47.8 Å². The van der Waals surface area contributed by atoms with Crippen molar-refractivity contribution in [3.05, 3.63) is 128 Å². The largest absolute Gasteiger partial charge is 1.00 e. The number of alkyl halides is 4. The van der Waals surface area contributed by atoms with E-state index in [1.54, 1.807) is 75.8 Å². The van der Waals surface area contributed by atoms with Gasteiger partial charge in [-0.05, 0) is 142 Å². The van der Waals surface area contributed by atoms with E-state index in [0.717, 1.165) is 53.6 Å². The van der Waals surface area contributed by atoms with Gasteiger partial charge in [0, 0.05) is 85.3 Å². The van der Waals surface area contributed by atoms with Crippen molar-refractivity contribution in [2.45, 2.75) is 128 Å². The van der Waals surface area contributed by atoms with Crippen LogP contribution in [0.2, 0.25) is 0 Å². The molecule has 37 heteroatoms. The molecule has 117 heavy (non-hydrogen) atoms. The van der Waals surface area contributed by atoms with Crippen molar-refractivity contribution in [1.29, 1.82) is 0 Å². The molecule has 630 valence electrons. The van der Waals surface area contributed by atoms with Crippen LogP contribution >= 0.6 is 54.2 Å². The summed E-state index contributed by atoms with van der Waals surface area (Å²) < 4.78 is 107. The smallest absolute Gasteiger partial charge is 0.756 e. The molecule has 0 N–H and O–H groups in total. The maximum atomic E-state index is 14.3. The maximum absolute atomic E-state index is 14.3. The van der Waals surface area contributed by atoms with Gasteiger partial charge in [-0.3, -0.25) is 23.7 Å². The van der Waals surface area contributed by atoms with Crippen LogP contribution in [0.25, 0.3) is 22.3 Å². The topological polar surface area (TPSA) is 358 Å². The van der Waals surface area contributed by atoms with E-state index in [4.69, 9.17) is 122 Å². The number of hydrogen-bond acceptors (Lipinski definition) is 29. The average molecular weight is 1740 g/mol. The first kappa shape index (κ1) is 93.2. The van der Waals surface area contributed by atoms with Gasteiger partial charge in [-0.25, -0.2) is 24.2 Å². The van der Waals surface area contributed by atoms with Gasteiger partial charge >= 0.3 is 71.5 Å². The van der Waals surface area contributed by atoms with Crippen LogP contribution in [0.15, 0.2) is 83.7 Å². The first-order valence-corrected chi connectivity index (χ1v) is 41.5. The predicted molar refractivity (Wildman–Crippen MR) is 419 cm³/mol. The van der Waals surface area contributed by atoms with Crippen molar-refractivity contribution in [2.75, 3.05) is 125 Å². The number of methoxy groups -OCH3 is 4. The Kier molecular flexibility index (Phi) is 35.5. The summed E-state index contributed by atoms with van der Waals surface area (Å²) in [4.78, 5) is 124. The molecule has 6 aliphatic heterocycles. The summed E-state index contributed by atoms with van der Waals surface area (Å²) in [7, 11) is 1.47.